The van der Waals surface area contributed by atoms with Crippen LogP contribution in [0.1, 0.15) is 43.3 Å². The van der Waals surface area contributed by atoms with Gasteiger partial charge >= 0.3 is 0 Å². The highest BCUT2D eigenvalue weighted by atomic mass is 15.3. The molecule has 2 aromatic rings. The molecule has 0 aliphatic heterocycles. The highest BCUT2D eigenvalue weighted by Crippen LogP contribution is 2.13. The summed E-state index contributed by atoms with van der Waals surface area (Å²) in [4.78, 5) is 4.32. The van der Waals surface area contributed by atoms with E-state index in [0.717, 1.165) is 25.1 Å². The number of nitrogens with two attached hydrogens (primary N) is 1. The largest absolute Gasteiger partial charge is 0.327 e. The predicted octanol–water partition coefficient (Wildman–Crippen LogP) is 2.67. The summed E-state index contributed by atoms with van der Waals surface area (Å²) in [6, 6.07) is 8.94. The third-order valence-corrected chi connectivity index (χ3v) is 3.63. The van der Waals surface area contributed by atoms with Crippen molar-refractivity contribution in [1.29, 1.82) is 0 Å². The molecule has 0 spiro atoms. The van der Waals surface area contributed by atoms with E-state index in [1.165, 1.54) is 11.1 Å². The van der Waals surface area contributed by atoms with Gasteiger partial charge in [-0.25, -0.2) is 9.67 Å². The third-order valence-electron chi connectivity index (χ3n) is 3.63. The van der Waals surface area contributed by atoms with E-state index >= 15 is 0 Å². The number of hydrogen-bond donors (Lipinski definition) is 1. The minimum absolute atomic E-state index is 0.122. The normalized spacial score (nSPS) is 12.8. The Labute approximate surface area is 121 Å². The van der Waals surface area contributed by atoms with E-state index < -0.39 is 0 Å². The fraction of sp³-hybridized carbons (Fsp3) is 0.500. The van der Waals surface area contributed by atoms with Crippen molar-refractivity contribution in [1.82, 2.24) is 14.8 Å². The molecule has 2 N–H and O–H groups in total. The summed E-state index contributed by atoms with van der Waals surface area (Å²) in [5, 5.41) is 4.25. The zero-order chi connectivity index (χ0) is 14.5. The van der Waals surface area contributed by atoms with E-state index in [1.807, 2.05) is 4.68 Å². The van der Waals surface area contributed by atoms with Crippen LogP contribution in [-0.2, 0) is 12.8 Å². The molecule has 0 bridgehead atoms. The Morgan fingerprint density at radius 2 is 2.00 bits per heavy atom. The highest BCUT2D eigenvalue weighted by molar-refractivity contribution is 5.25. The van der Waals surface area contributed by atoms with E-state index in [0.29, 0.717) is 6.04 Å². The third kappa shape index (κ3) is 3.67. The Morgan fingerprint density at radius 1 is 1.25 bits per heavy atom. The number of aryl methyl sites for hydroxylation is 2. The zero-order valence-corrected chi connectivity index (χ0v) is 12.6. The smallest absolute Gasteiger partial charge is 0.138 e. The number of hydrogen-bond acceptors (Lipinski definition) is 3. The number of rotatable bonds is 6. The van der Waals surface area contributed by atoms with E-state index in [-0.39, 0.29) is 6.04 Å². The van der Waals surface area contributed by atoms with Crippen molar-refractivity contribution < 1.29 is 0 Å². The Morgan fingerprint density at radius 3 is 2.70 bits per heavy atom. The first-order chi connectivity index (χ1) is 9.58. The lowest BCUT2D eigenvalue weighted by atomic mass is 10.00. The molecular formula is C16H24N4. The maximum Gasteiger partial charge on any atom is 0.138 e. The monoisotopic (exact) mass is 272 g/mol. The first-order valence-corrected chi connectivity index (χ1v) is 7.26. The first kappa shape index (κ1) is 14.7. The molecule has 108 valence electrons. The molecule has 0 saturated heterocycles. The van der Waals surface area contributed by atoms with Gasteiger partial charge in [0.25, 0.3) is 0 Å². The van der Waals surface area contributed by atoms with Gasteiger partial charge in [-0.2, -0.15) is 5.10 Å². The van der Waals surface area contributed by atoms with Crippen LogP contribution in [0.3, 0.4) is 0 Å². The van der Waals surface area contributed by atoms with Gasteiger partial charge in [-0.05, 0) is 44.7 Å². The van der Waals surface area contributed by atoms with Crippen LogP contribution in [0.4, 0.5) is 0 Å². The van der Waals surface area contributed by atoms with Gasteiger partial charge in [0.2, 0.25) is 0 Å². The quantitative estimate of drug-likeness (QED) is 0.879. The molecule has 0 amide bonds. The maximum absolute atomic E-state index is 6.25. The molecule has 20 heavy (non-hydrogen) atoms. The van der Waals surface area contributed by atoms with Crippen molar-refractivity contribution in [3.8, 4) is 0 Å². The van der Waals surface area contributed by atoms with Gasteiger partial charge in [0.15, 0.2) is 0 Å². The lowest BCUT2D eigenvalue weighted by molar-refractivity contribution is 0.483. The Kier molecular flexibility index (Phi) is 4.90. The molecule has 1 aromatic heterocycles. The van der Waals surface area contributed by atoms with Crippen molar-refractivity contribution in [3.05, 3.63) is 47.5 Å². The molecule has 0 fully saturated rings. The summed E-state index contributed by atoms with van der Waals surface area (Å²) in [5.74, 6) is 0.984. The number of aromatic nitrogens is 3. The summed E-state index contributed by atoms with van der Waals surface area (Å²) in [6.45, 7) is 6.37. The van der Waals surface area contributed by atoms with Gasteiger partial charge in [0.05, 0.1) is 0 Å². The van der Waals surface area contributed by atoms with Crippen LogP contribution in [0.5, 0.6) is 0 Å². The molecule has 4 heteroatoms. The average Bonchev–Trinajstić information content (AvgIpc) is 2.86. The van der Waals surface area contributed by atoms with Crippen molar-refractivity contribution in [3.63, 3.8) is 0 Å². The van der Waals surface area contributed by atoms with Crippen molar-refractivity contribution in [2.75, 3.05) is 0 Å². The second-order valence-electron chi connectivity index (χ2n) is 5.64. The predicted molar refractivity (Wildman–Crippen MR) is 81.6 cm³/mol. The van der Waals surface area contributed by atoms with Gasteiger partial charge in [-0.1, -0.05) is 24.3 Å². The van der Waals surface area contributed by atoms with Crippen LogP contribution >= 0.6 is 0 Å². The molecule has 1 aromatic carbocycles. The van der Waals surface area contributed by atoms with Gasteiger partial charge in [-0.15, -0.1) is 0 Å². The minimum Gasteiger partial charge on any atom is -0.327 e. The molecular weight excluding hydrogens is 248 g/mol. The van der Waals surface area contributed by atoms with Crippen molar-refractivity contribution in [2.24, 2.45) is 5.73 Å². The summed E-state index contributed by atoms with van der Waals surface area (Å²) in [7, 11) is 0. The zero-order valence-electron chi connectivity index (χ0n) is 12.6. The summed E-state index contributed by atoms with van der Waals surface area (Å²) in [6.07, 6.45) is 4.38. The topological polar surface area (TPSA) is 56.7 Å². The summed E-state index contributed by atoms with van der Waals surface area (Å²) < 4.78 is 1.95. The summed E-state index contributed by atoms with van der Waals surface area (Å²) >= 11 is 0. The van der Waals surface area contributed by atoms with E-state index in [1.54, 1.807) is 6.33 Å². The molecule has 0 saturated carbocycles. The molecule has 1 heterocycles. The molecule has 0 aliphatic rings. The van der Waals surface area contributed by atoms with Gasteiger partial charge in [0.1, 0.15) is 12.2 Å². The minimum atomic E-state index is 0.122. The first-order valence-electron chi connectivity index (χ1n) is 7.26. The van der Waals surface area contributed by atoms with Gasteiger partial charge in [0, 0.05) is 18.5 Å². The van der Waals surface area contributed by atoms with Crippen LogP contribution in [0.2, 0.25) is 0 Å². The lowest BCUT2D eigenvalue weighted by Gasteiger charge is -2.14. The van der Waals surface area contributed by atoms with Gasteiger partial charge in [-0.3, -0.25) is 0 Å². The maximum atomic E-state index is 6.25. The molecule has 0 aliphatic carbocycles. The Hall–Kier alpha value is -1.68. The van der Waals surface area contributed by atoms with Crippen LogP contribution in [0.25, 0.3) is 0 Å². The molecule has 1 unspecified atom stereocenters. The number of benzene rings is 1. The second kappa shape index (κ2) is 6.66. The molecule has 1 atom stereocenters. The van der Waals surface area contributed by atoms with E-state index in [2.05, 4.69) is 55.1 Å². The van der Waals surface area contributed by atoms with Crippen LogP contribution in [0, 0.1) is 6.92 Å². The number of nitrogens with zero attached hydrogens (tertiary/aromatic N) is 3. The molecule has 2 rings (SSSR count). The van der Waals surface area contributed by atoms with E-state index in [9.17, 15) is 0 Å². The Balaban J connectivity index is 1.91. The molecule has 4 nitrogen and oxygen atoms in total. The van der Waals surface area contributed by atoms with Crippen molar-refractivity contribution in [2.45, 2.75) is 52.1 Å². The van der Waals surface area contributed by atoms with Crippen molar-refractivity contribution >= 4 is 0 Å². The standard InChI is InChI=1S/C16H24N4/c1-12(2)20-16(18-11-19-20)10-15(17)9-8-14-7-5-4-6-13(14)3/h4-7,11-12,15H,8-10,17H2,1-3H3. The lowest BCUT2D eigenvalue weighted by Crippen LogP contribution is -2.26. The second-order valence-corrected chi connectivity index (χ2v) is 5.64. The average molecular weight is 272 g/mol. The van der Waals surface area contributed by atoms with Gasteiger partial charge < -0.3 is 5.73 Å². The fourth-order valence-corrected chi connectivity index (χ4v) is 2.42. The highest BCUT2D eigenvalue weighted by Gasteiger charge is 2.12. The Bertz CT molecular complexity index is 545. The van der Waals surface area contributed by atoms with Crippen LogP contribution < -0.4 is 5.73 Å². The van der Waals surface area contributed by atoms with Crippen LogP contribution in [0.15, 0.2) is 30.6 Å². The summed E-state index contributed by atoms with van der Waals surface area (Å²) in [5.41, 5.74) is 8.97. The van der Waals surface area contributed by atoms with Crippen LogP contribution in [-0.4, -0.2) is 20.8 Å². The van der Waals surface area contributed by atoms with E-state index in [4.69, 9.17) is 5.73 Å². The molecule has 0 radical (unpaired) electrons. The SMILES string of the molecule is Cc1ccccc1CCC(N)Cc1ncnn1C(C)C. The fourth-order valence-electron chi connectivity index (χ4n) is 2.42.